The van der Waals surface area contributed by atoms with Gasteiger partial charge in [0.25, 0.3) is 0 Å². The molecule has 1 heterocycles. The number of rotatable bonds is 7. The summed E-state index contributed by atoms with van der Waals surface area (Å²) >= 11 is 0. The zero-order valence-corrected chi connectivity index (χ0v) is 20.6. The number of aliphatic carboxylic acids is 1. The summed E-state index contributed by atoms with van der Waals surface area (Å²) in [6.45, 7) is 6.94. The maximum absolute atomic E-state index is 12.6. The molecule has 0 saturated carbocycles. The monoisotopic (exact) mass is 484 g/mol. The number of anilines is 1. The summed E-state index contributed by atoms with van der Waals surface area (Å²) in [7, 11) is 0. The molecule has 0 aliphatic heterocycles. The fourth-order valence-corrected chi connectivity index (χ4v) is 3.76. The summed E-state index contributed by atoms with van der Waals surface area (Å²) < 4.78 is 7.07. The van der Waals surface area contributed by atoms with E-state index in [0.29, 0.717) is 11.5 Å². The van der Waals surface area contributed by atoms with Crippen LogP contribution in [0.3, 0.4) is 0 Å². The van der Waals surface area contributed by atoms with Crippen LogP contribution in [0.1, 0.15) is 43.7 Å². The zero-order chi connectivity index (χ0) is 25.9. The molecular formula is C28H28N4O4. The lowest BCUT2D eigenvalue weighted by Gasteiger charge is -2.19. The Kier molecular flexibility index (Phi) is 6.87. The molecule has 36 heavy (non-hydrogen) atoms. The lowest BCUT2D eigenvalue weighted by molar-refractivity contribution is -0.142. The smallest absolute Gasteiger partial charge is 0.413 e. The third-order valence-electron chi connectivity index (χ3n) is 6.20. The first-order valence-electron chi connectivity index (χ1n) is 11.6. The number of carbonyl (C=O) groups excluding carboxylic acids is 1. The Hall–Kier alpha value is -4.46. The molecule has 0 saturated heterocycles. The van der Waals surface area contributed by atoms with Gasteiger partial charge in [-0.25, -0.2) is 4.79 Å². The Labute approximate surface area is 209 Å². The van der Waals surface area contributed by atoms with Gasteiger partial charge in [-0.3, -0.25) is 10.1 Å². The lowest BCUT2D eigenvalue weighted by Crippen LogP contribution is -2.28. The molecule has 0 spiro atoms. The predicted octanol–water partition coefficient (Wildman–Crippen LogP) is 5.91. The summed E-state index contributed by atoms with van der Waals surface area (Å²) in [4.78, 5) is 24.1. The third-order valence-corrected chi connectivity index (χ3v) is 6.20. The van der Waals surface area contributed by atoms with Crippen molar-refractivity contribution in [3.63, 3.8) is 0 Å². The molecule has 0 aliphatic rings. The number of carbonyl (C=O) groups is 2. The maximum Gasteiger partial charge on any atom is 0.413 e. The van der Waals surface area contributed by atoms with Crippen molar-refractivity contribution in [3.8, 4) is 16.8 Å². The molecule has 8 nitrogen and oxygen atoms in total. The highest BCUT2D eigenvalue weighted by Crippen LogP contribution is 2.28. The molecule has 8 heteroatoms. The molecule has 4 aromatic rings. The van der Waals surface area contributed by atoms with E-state index < -0.39 is 23.6 Å². The first-order chi connectivity index (χ1) is 17.2. The average Bonchev–Trinajstić information content (AvgIpc) is 3.24. The number of aromatic nitrogens is 3. The summed E-state index contributed by atoms with van der Waals surface area (Å²) in [6.07, 6.45) is -1.01. The van der Waals surface area contributed by atoms with Crippen molar-refractivity contribution in [2.75, 3.05) is 5.32 Å². The maximum atomic E-state index is 12.6. The van der Waals surface area contributed by atoms with Gasteiger partial charge >= 0.3 is 12.1 Å². The van der Waals surface area contributed by atoms with Gasteiger partial charge in [0, 0.05) is 0 Å². The Balaban J connectivity index is 1.50. The van der Waals surface area contributed by atoms with Gasteiger partial charge in [0.05, 0.1) is 11.1 Å². The number of hydrogen-bond acceptors (Lipinski definition) is 5. The third kappa shape index (κ3) is 5.12. The van der Waals surface area contributed by atoms with E-state index in [0.717, 1.165) is 27.9 Å². The fraction of sp³-hybridized carbons (Fsp3) is 0.214. The highest BCUT2D eigenvalue weighted by molar-refractivity contribution is 5.84. The number of nitrogens with zero attached hydrogens (tertiary/aromatic N) is 3. The average molecular weight is 485 g/mol. The zero-order valence-electron chi connectivity index (χ0n) is 20.6. The topological polar surface area (TPSA) is 106 Å². The second-order valence-electron chi connectivity index (χ2n) is 9.07. The molecule has 0 fully saturated rings. The molecule has 2 N–H and O–H groups in total. The second kappa shape index (κ2) is 10.0. The molecule has 1 aromatic heterocycles. The summed E-state index contributed by atoms with van der Waals surface area (Å²) in [6, 6.07) is 24.6. The van der Waals surface area contributed by atoms with Crippen LogP contribution < -0.4 is 5.32 Å². The van der Waals surface area contributed by atoms with E-state index in [4.69, 9.17) is 4.74 Å². The lowest BCUT2D eigenvalue weighted by atomic mass is 9.84. The van der Waals surface area contributed by atoms with Gasteiger partial charge in [-0.1, -0.05) is 71.9 Å². The SMILES string of the molecule is Cc1nnn(-c2ccc(-c3ccc(C(C)(C)C(=O)O)cc3)cc2)c1NC(=O)O[C@H](C)c1ccccc1. The minimum Gasteiger partial charge on any atom is -0.481 e. The number of amides is 1. The van der Waals surface area contributed by atoms with Crippen LogP contribution in [0.5, 0.6) is 0 Å². The normalized spacial score (nSPS) is 12.1. The molecule has 184 valence electrons. The van der Waals surface area contributed by atoms with Crippen molar-refractivity contribution in [2.24, 2.45) is 0 Å². The number of aryl methyl sites for hydroxylation is 1. The van der Waals surface area contributed by atoms with Crippen molar-refractivity contribution in [1.82, 2.24) is 15.0 Å². The number of benzene rings is 3. The molecule has 0 bridgehead atoms. The van der Waals surface area contributed by atoms with E-state index in [1.54, 1.807) is 25.5 Å². The Morgan fingerprint density at radius 3 is 2.11 bits per heavy atom. The highest BCUT2D eigenvalue weighted by Gasteiger charge is 2.29. The largest absolute Gasteiger partial charge is 0.481 e. The van der Waals surface area contributed by atoms with Crippen molar-refractivity contribution >= 4 is 17.9 Å². The van der Waals surface area contributed by atoms with Gasteiger partial charge in [0.2, 0.25) is 0 Å². The van der Waals surface area contributed by atoms with Gasteiger partial charge < -0.3 is 9.84 Å². The number of carboxylic acids is 1. The first kappa shape index (κ1) is 24.7. The van der Waals surface area contributed by atoms with Crippen LogP contribution in [0.25, 0.3) is 16.8 Å². The second-order valence-corrected chi connectivity index (χ2v) is 9.07. The Bertz CT molecular complexity index is 1360. The molecule has 0 aliphatic carbocycles. The summed E-state index contributed by atoms with van der Waals surface area (Å²) in [5, 5.41) is 20.5. The fourth-order valence-electron chi connectivity index (χ4n) is 3.76. The van der Waals surface area contributed by atoms with Crippen LogP contribution in [0, 0.1) is 6.92 Å². The Morgan fingerprint density at radius 2 is 1.53 bits per heavy atom. The van der Waals surface area contributed by atoms with E-state index in [2.05, 4.69) is 15.6 Å². The number of nitrogens with one attached hydrogen (secondary N) is 1. The van der Waals surface area contributed by atoms with Crippen molar-refractivity contribution in [1.29, 1.82) is 0 Å². The number of ether oxygens (including phenoxy) is 1. The minimum absolute atomic E-state index is 0.414. The van der Waals surface area contributed by atoms with Gasteiger partial charge in [-0.05, 0) is 62.1 Å². The summed E-state index contributed by atoms with van der Waals surface area (Å²) in [5.41, 5.74) is 3.86. The molecule has 0 unspecified atom stereocenters. The van der Waals surface area contributed by atoms with Crippen LogP contribution in [0.4, 0.5) is 10.6 Å². The molecule has 1 atom stereocenters. The van der Waals surface area contributed by atoms with Crippen LogP contribution in [0.15, 0.2) is 78.9 Å². The number of carboxylic acid groups (broad SMARTS) is 1. The molecule has 4 rings (SSSR count). The van der Waals surface area contributed by atoms with E-state index >= 15 is 0 Å². The molecular weight excluding hydrogens is 456 g/mol. The van der Waals surface area contributed by atoms with E-state index in [1.165, 1.54) is 0 Å². The standard InChI is InChI=1S/C28H28N4O4/c1-18-25(29-27(35)36-19(2)20-8-6-5-7-9-20)32(31-30-18)24-16-12-22(13-17-24)21-10-14-23(15-11-21)28(3,4)26(33)34/h5-17,19H,1-4H3,(H,29,35)(H,33,34)/t19-/m1/s1. The van der Waals surface area contributed by atoms with Crippen LogP contribution >= 0.6 is 0 Å². The highest BCUT2D eigenvalue weighted by atomic mass is 16.6. The predicted molar refractivity (Wildman–Crippen MR) is 137 cm³/mol. The van der Waals surface area contributed by atoms with Crippen LogP contribution in [-0.4, -0.2) is 32.2 Å². The van der Waals surface area contributed by atoms with Crippen molar-refractivity contribution in [2.45, 2.75) is 39.2 Å². The van der Waals surface area contributed by atoms with E-state index in [1.807, 2.05) is 85.8 Å². The van der Waals surface area contributed by atoms with E-state index in [-0.39, 0.29) is 0 Å². The van der Waals surface area contributed by atoms with Crippen LogP contribution in [0.2, 0.25) is 0 Å². The van der Waals surface area contributed by atoms with Crippen molar-refractivity contribution in [3.05, 3.63) is 95.7 Å². The van der Waals surface area contributed by atoms with Crippen LogP contribution in [-0.2, 0) is 14.9 Å². The molecule has 3 aromatic carbocycles. The van der Waals surface area contributed by atoms with Gasteiger partial charge in [0.15, 0.2) is 5.82 Å². The quantitative estimate of drug-likeness (QED) is 0.337. The minimum atomic E-state index is -0.962. The molecule has 1 amide bonds. The Morgan fingerprint density at radius 1 is 0.944 bits per heavy atom. The molecule has 0 radical (unpaired) electrons. The number of hydrogen-bond donors (Lipinski definition) is 2. The van der Waals surface area contributed by atoms with Gasteiger partial charge in [-0.15, -0.1) is 5.10 Å². The van der Waals surface area contributed by atoms with Crippen molar-refractivity contribution < 1.29 is 19.4 Å². The van der Waals surface area contributed by atoms with Gasteiger partial charge in [-0.2, -0.15) is 4.68 Å². The first-order valence-corrected chi connectivity index (χ1v) is 11.6. The van der Waals surface area contributed by atoms with Gasteiger partial charge in [0.1, 0.15) is 11.8 Å². The van der Waals surface area contributed by atoms with E-state index in [9.17, 15) is 14.7 Å². The summed E-state index contributed by atoms with van der Waals surface area (Å²) in [5.74, 6) is -0.446.